The molecule has 0 aliphatic rings. The molecule has 4 heteroatoms. The lowest BCUT2D eigenvalue weighted by atomic mass is 10.1. The van der Waals surface area contributed by atoms with Crippen LogP contribution in [0, 0.1) is 11.3 Å². The summed E-state index contributed by atoms with van der Waals surface area (Å²) in [5.41, 5.74) is 1.35. The Balaban J connectivity index is 2.63. The van der Waals surface area contributed by atoms with Crippen LogP contribution in [-0.2, 0) is 4.79 Å². The first-order valence-electron chi connectivity index (χ1n) is 5.79. The molecule has 1 rings (SSSR count). The van der Waals surface area contributed by atoms with Gasteiger partial charge in [-0.05, 0) is 30.2 Å². The summed E-state index contributed by atoms with van der Waals surface area (Å²) in [6, 6.07) is 8.81. The standard InChI is InChI=1S/C14H16N2O2/c1-2-13(10-17)16-14(18)7-6-11-4-3-5-12(8-11)9-15/h3-8,13,17H,2,10H2,1H3,(H,16,18)/b7-6+/t13-/m0/s1. The summed E-state index contributed by atoms with van der Waals surface area (Å²) in [6.07, 6.45) is 3.72. The van der Waals surface area contributed by atoms with Crippen molar-refractivity contribution in [3.63, 3.8) is 0 Å². The minimum Gasteiger partial charge on any atom is -0.394 e. The van der Waals surface area contributed by atoms with E-state index in [1.807, 2.05) is 19.1 Å². The highest BCUT2D eigenvalue weighted by atomic mass is 16.3. The van der Waals surface area contributed by atoms with Crippen molar-refractivity contribution in [3.8, 4) is 6.07 Å². The predicted molar refractivity (Wildman–Crippen MR) is 69.5 cm³/mol. The van der Waals surface area contributed by atoms with Crippen LogP contribution in [-0.4, -0.2) is 23.7 Å². The number of nitriles is 1. The van der Waals surface area contributed by atoms with E-state index in [1.54, 1.807) is 24.3 Å². The Morgan fingerprint density at radius 1 is 1.61 bits per heavy atom. The number of amides is 1. The van der Waals surface area contributed by atoms with Gasteiger partial charge < -0.3 is 10.4 Å². The fraction of sp³-hybridized carbons (Fsp3) is 0.286. The minimum atomic E-state index is -0.252. The van der Waals surface area contributed by atoms with E-state index in [0.29, 0.717) is 12.0 Å². The lowest BCUT2D eigenvalue weighted by Crippen LogP contribution is -2.35. The first-order chi connectivity index (χ1) is 8.69. The zero-order chi connectivity index (χ0) is 13.4. The van der Waals surface area contributed by atoms with Crippen LogP contribution < -0.4 is 5.32 Å². The molecule has 2 N–H and O–H groups in total. The summed E-state index contributed by atoms with van der Waals surface area (Å²) in [4.78, 5) is 11.5. The number of aliphatic hydroxyl groups excluding tert-OH is 1. The van der Waals surface area contributed by atoms with Gasteiger partial charge in [-0.25, -0.2) is 0 Å². The predicted octanol–water partition coefficient (Wildman–Crippen LogP) is 1.46. The molecule has 1 amide bonds. The maximum Gasteiger partial charge on any atom is 0.244 e. The average molecular weight is 244 g/mol. The second-order valence-corrected chi connectivity index (χ2v) is 3.87. The van der Waals surface area contributed by atoms with Gasteiger partial charge in [-0.2, -0.15) is 5.26 Å². The summed E-state index contributed by atoms with van der Waals surface area (Å²) in [5, 5.41) is 20.4. The molecule has 1 atom stereocenters. The van der Waals surface area contributed by atoms with Gasteiger partial charge >= 0.3 is 0 Å². The highest BCUT2D eigenvalue weighted by molar-refractivity contribution is 5.91. The van der Waals surface area contributed by atoms with Gasteiger partial charge in [0.2, 0.25) is 5.91 Å². The van der Waals surface area contributed by atoms with Gasteiger partial charge in [-0.3, -0.25) is 4.79 Å². The number of benzene rings is 1. The van der Waals surface area contributed by atoms with Gasteiger partial charge in [0.1, 0.15) is 0 Å². The van der Waals surface area contributed by atoms with Crippen LogP contribution in [0.2, 0.25) is 0 Å². The number of hydrogen-bond donors (Lipinski definition) is 2. The average Bonchev–Trinajstić information content (AvgIpc) is 2.42. The third-order valence-corrected chi connectivity index (χ3v) is 2.50. The second-order valence-electron chi connectivity index (χ2n) is 3.87. The molecule has 1 aromatic carbocycles. The van der Waals surface area contributed by atoms with Gasteiger partial charge in [0.25, 0.3) is 0 Å². The Hall–Kier alpha value is -2.12. The molecular weight excluding hydrogens is 228 g/mol. The topological polar surface area (TPSA) is 73.1 Å². The summed E-state index contributed by atoms with van der Waals surface area (Å²) < 4.78 is 0. The molecular formula is C14H16N2O2. The number of carbonyl (C=O) groups is 1. The van der Waals surface area contributed by atoms with Crippen molar-refractivity contribution >= 4 is 12.0 Å². The van der Waals surface area contributed by atoms with Crippen molar-refractivity contribution < 1.29 is 9.90 Å². The largest absolute Gasteiger partial charge is 0.394 e. The Morgan fingerprint density at radius 2 is 2.39 bits per heavy atom. The van der Waals surface area contributed by atoms with Crippen molar-refractivity contribution in [3.05, 3.63) is 41.5 Å². The van der Waals surface area contributed by atoms with Crippen molar-refractivity contribution in [2.75, 3.05) is 6.61 Å². The maximum atomic E-state index is 11.5. The SMILES string of the molecule is CC[C@@H](CO)NC(=O)/C=C/c1cccc(C#N)c1. The van der Waals surface area contributed by atoms with Crippen LogP contribution in [0.3, 0.4) is 0 Å². The molecule has 0 spiro atoms. The van der Waals surface area contributed by atoms with Crippen LogP contribution in [0.15, 0.2) is 30.3 Å². The van der Waals surface area contributed by atoms with Crippen molar-refractivity contribution in [2.24, 2.45) is 0 Å². The fourth-order valence-corrected chi connectivity index (χ4v) is 1.41. The summed E-state index contributed by atoms with van der Waals surface area (Å²) in [5.74, 6) is -0.252. The van der Waals surface area contributed by atoms with E-state index in [1.165, 1.54) is 6.08 Å². The monoisotopic (exact) mass is 244 g/mol. The van der Waals surface area contributed by atoms with Gasteiger partial charge in [-0.1, -0.05) is 19.1 Å². The molecule has 0 saturated heterocycles. The second kappa shape index (κ2) is 7.25. The van der Waals surface area contributed by atoms with Crippen LogP contribution in [0.1, 0.15) is 24.5 Å². The van der Waals surface area contributed by atoms with Gasteiger partial charge in [0.05, 0.1) is 24.3 Å². The van der Waals surface area contributed by atoms with Crippen LogP contribution >= 0.6 is 0 Å². The molecule has 0 heterocycles. The Morgan fingerprint density at radius 3 is 3.00 bits per heavy atom. The highest BCUT2D eigenvalue weighted by Gasteiger charge is 2.05. The van der Waals surface area contributed by atoms with Crippen LogP contribution in [0.4, 0.5) is 0 Å². The molecule has 0 fully saturated rings. The normalized spacial score (nSPS) is 12.1. The van der Waals surface area contributed by atoms with Gasteiger partial charge in [-0.15, -0.1) is 0 Å². The molecule has 1 aromatic rings. The number of hydrogen-bond acceptors (Lipinski definition) is 3. The lowest BCUT2D eigenvalue weighted by Gasteiger charge is -2.11. The molecule has 0 aliphatic heterocycles. The number of nitrogens with one attached hydrogen (secondary N) is 1. The zero-order valence-electron chi connectivity index (χ0n) is 10.3. The minimum absolute atomic E-state index is 0.0694. The van der Waals surface area contributed by atoms with Crippen molar-refractivity contribution in [2.45, 2.75) is 19.4 Å². The third kappa shape index (κ3) is 4.40. The van der Waals surface area contributed by atoms with Crippen molar-refractivity contribution in [1.82, 2.24) is 5.32 Å². The van der Waals surface area contributed by atoms with Crippen LogP contribution in [0.5, 0.6) is 0 Å². The van der Waals surface area contributed by atoms with Crippen LogP contribution in [0.25, 0.3) is 6.08 Å². The maximum absolute atomic E-state index is 11.5. The first-order valence-corrected chi connectivity index (χ1v) is 5.79. The number of rotatable bonds is 5. The molecule has 94 valence electrons. The van der Waals surface area contributed by atoms with E-state index in [0.717, 1.165) is 5.56 Å². The highest BCUT2D eigenvalue weighted by Crippen LogP contribution is 2.05. The molecule has 0 saturated carbocycles. The summed E-state index contributed by atoms with van der Waals surface area (Å²) >= 11 is 0. The first kappa shape index (κ1) is 13.9. The Kier molecular flexibility index (Phi) is 5.62. The number of carbonyl (C=O) groups excluding carboxylic acids is 1. The summed E-state index contributed by atoms with van der Waals surface area (Å²) in [7, 11) is 0. The quantitative estimate of drug-likeness (QED) is 0.770. The molecule has 0 radical (unpaired) electrons. The molecule has 0 unspecified atom stereocenters. The Bertz CT molecular complexity index is 471. The lowest BCUT2D eigenvalue weighted by molar-refractivity contribution is -0.117. The number of nitrogens with zero attached hydrogens (tertiary/aromatic N) is 1. The smallest absolute Gasteiger partial charge is 0.244 e. The van der Waals surface area contributed by atoms with E-state index in [4.69, 9.17) is 10.4 Å². The molecule has 0 aliphatic carbocycles. The zero-order valence-corrected chi connectivity index (χ0v) is 10.3. The molecule has 0 bridgehead atoms. The Labute approximate surface area is 107 Å². The molecule has 18 heavy (non-hydrogen) atoms. The van der Waals surface area contributed by atoms with E-state index in [-0.39, 0.29) is 18.6 Å². The summed E-state index contributed by atoms with van der Waals surface area (Å²) in [6.45, 7) is 1.82. The van der Waals surface area contributed by atoms with E-state index >= 15 is 0 Å². The van der Waals surface area contributed by atoms with E-state index in [9.17, 15) is 4.79 Å². The number of aliphatic hydroxyl groups is 1. The molecule has 4 nitrogen and oxygen atoms in total. The van der Waals surface area contributed by atoms with Crippen molar-refractivity contribution in [1.29, 1.82) is 5.26 Å². The fourth-order valence-electron chi connectivity index (χ4n) is 1.41. The third-order valence-electron chi connectivity index (χ3n) is 2.50. The molecule has 0 aromatic heterocycles. The van der Waals surface area contributed by atoms with Gasteiger partial charge in [0, 0.05) is 6.08 Å². The van der Waals surface area contributed by atoms with E-state index in [2.05, 4.69) is 5.32 Å². The van der Waals surface area contributed by atoms with E-state index < -0.39 is 0 Å². The van der Waals surface area contributed by atoms with Gasteiger partial charge in [0.15, 0.2) is 0 Å².